The molecule has 1 aliphatic heterocycles. The van der Waals surface area contributed by atoms with E-state index in [0.717, 1.165) is 5.69 Å². The summed E-state index contributed by atoms with van der Waals surface area (Å²) in [6.07, 6.45) is 3.00. The van der Waals surface area contributed by atoms with E-state index in [-0.39, 0.29) is 5.91 Å². The third-order valence-electron chi connectivity index (χ3n) is 4.41. The fourth-order valence-electron chi connectivity index (χ4n) is 2.88. The van der Waals surface area contributed by atoms with Crippen LogP contribution in [0.4, 0.5) is 17.3 Å². The Hall–Kier alpha value is -3.42. The van der Waals surface area contributed by atoms with Gasteiger partial charge in [-0.3, -0.25) is 14.6 Å². The van der Waals surface area contributed by atoms with Crippen LogP contribution in [0, 0.1) is 6.92 Å². The molecule has 0 spiro atoms. The zero-order valence-corrected chi connectivity index (χ0v) is 15.2. The molecule has 27 heavy (non-hydrogen) atoms. The number of aryl methyl sites for hydroxylation is 1. The van der Waals surface area contributed by atoms with Gasteiger partial charge < -0.3 is 20.9 Å². The van der Waals surface area contributed by atoms with Crippen molar-refractivity contribution >= 4 is 29.1 Å². The van der Waals surface area contributed by atoms with Gasteiger partial charge in [-0.1, -0.05) is 6.58 Å². The third kappa shape index (κ3) is 4.22. The summed E-state index contributed by atoms with van der Waals surface area (Å²) in [4.78, 5) is 36.1. The summed E-state index contributed by atoms with van der Waals surface area (Å²) >= 11 is 0. The predicted molar refractivity (Wildman–Crippen MR) is 104 cm³/mol. The molecule has 2 aromatic rings. The number of nitrogens with one attached hydrogen (secondary N) is 1. The molecule has 0 saturated carbocycles. The largest absolute Gasteiger partial charge is 0.365 e. The minimum absolute atomic E-state index is 0.0686. The van der Waals surface area contributed by atoms with Gasteiger partial charge in [0.1, 0.15) is 11.6 Å². The number of hydrogen-bond acceptors (Lipinski definition) is 6. The first-order valence-corrected chi connectivity index (χ1v) is 8.65. The van der Waals surface area contributed by atoms with E-state index < -0.39 is 5.91 Å². The molecule has 0 bridgehead atoms. The Kier molecular flexibility index (Phi) is 5.35. The summed E-state index contributed by atoms with van der Waals surface area (Å²) in [6.45, 7) is 7.90. The molecular weight excluding hydrogens is 344 g/mol. The van der Waals surface area contributed by atoms with Crippen LogP contribution in [-0.4, -0.2) is 52.9 Å². The van der Waals surface area contributed by atoms with Crippen LogP contribution in [0.15, 0.2) is 43.1 Å². The molecule has 2 amide bonds. The average Bonchev–Trinajstić information content (AvgIpc) is 2.69. The Bertz CT molecular complexity index is 857. The number of pyridine rings is 2. The second-order valence-corrected chi connectivity index (χ2v) is 6.26. The number of aromatic nitrogens is 2. The Morgan fingerprint density at radius 2 is 1.93 bits per heavy atom. The number of anilines is 3. The summed E-state index contributed by atoms with van der Waals surface area (Å²) < 4.78 is 0. The first-order valence-electron chi connectivity index (χ1n) is 8.65. The van der Waals surface area contributed by atoms with Gasteiger partial charge in [0.05, 0.1) is 17.4 Å². The number of carbonyl (C=O) groups excluding carboxylic acids is 2. The molecule has 0 atom stereocenters. The van der Waals surface area contributed by atoms with Crippen LogP contribution < -0.4 is 16.0 Å². The summed E-state index contributed by atoms with van der Waals surface area (Å²) in [5.74, 6) is 0.474. The van der Waals surface area contributed by atoms with E-state index >= 15 is 0 Å². The van der Waals surface area contributed by atoms with Gasteiger partial charge >= 0.3 is 0 Å². The van der Waals surface area contributed by atoms with Gasteiger partial charge in [-0.15, -0.1) is 0 Å². The molecule has 3 rings (SSSR count). The van der Waals surface area contributed by atoms with E-state index in [1.165, 1.54) is 6.08 Å². The van der Waals surface area contributed by atoms with Crippen LogP contribution in [0.2, 0.25) is 0 Å². The first-order chi connectivity index (χ1) is 13.0. The van der Waals surface area contributed by atoms with Crippen LogP contribution in [0.1, 0.15) is 16.1 Å². The van der Waals surface area contributed by atoms with Crippen molar-refractivity contribution in [2.24, 2.45) is 5.73 Å². The molecule has 8 heteroatoms. The van der Waals surface area contributed by atoms with Gasteiger partial charge in [-0.05, 0) is 37.3 Å². The van der Waals surface area contributed by atoms with Crippen molar-refractivity contribution in [3.63, 3.8) is 0 Å². The van der Waals surface area contributed by atoms with Gasteiger partial charge in [0, 0.05) is 31.9 Å². The fraction of sp³-hybridized carbons (Fsp3) is 0.263. The SMILES string of the molecule is C=CC(=O)N1CCN(c2ccc(C(N)=O)c(Nc3ccc(C)nc3)n2)CC1. The number of rotatable bonds is 5. The molecule has 0 aliphatic carbocycles. The molecule has 140 valence electrons. The molecule has 1 aliphatic rings. The van der Waals surface area contributed by atoms with Crippen LogP contribution in [0.25, 0.3) is 0 Å². The van der Waals surface area contributed by atoms with Crippen LogP contribution in [0.5, 0.6) is 0 Å². The van der Waals surface area contributed by atoms with E-state index in [2.05, 4.69) is 26.8 Å². The molecule has 3 heterocycles. The van der Waals surface area contributed by atoms with Crippen LogP contribution in [-0.2, 0) is 4.79 Å². The van der Waals surface area contributed by atoms with Gasteiger partial charge in [-0.25, -0.2) is 4.98 Å². The standard InChI is InChI=1S/C19H22N6O2/c1-3-17(26)25-10-8-24(9-11-25)16-7-6-15(18(20)27)19(23-16)22-14-5-4-13(2)21-12-14/h3-7,12H,1,8-11H2,2H3,(H2,20,27)(H,22,23). The van der Waals surface area contributed by atoms with Crippen molar-refractivity contribution in [1.29, 1.82) is 0 Å². The van der Waals surface area contributed by atoms with Gasteiger partial charge in [0.15, 0.2) is 0 Å². The van der Waals surface area contributed by atoms with E-state index in [4.69, 9.17) is 5.73 Å². The van der Waals surface area contributed by atoms with Gasteiger partial charge in [0.25, 0.3) is 5.91 Å². The lowest BCUT2D eigenvalue weighted by Gasteiger charge is -2.35. The maximum atomic E-state index is 11.8. The van der Waals surface area contributed by atoms with Crippen molar-refractivity contribution in [1.82, 2.24) is 14.9 Å². The number of piperazine rings is 1. The van der Waals surface area contributed by atoms with E-state index in [9.17, 15) is 9.59 Å². The smallest absolute Gasteiger partial charge is 0.252 e. The Balaban J connectivity index is 1.81. The molecule has 0 aromatic carbocycles. The molecule has 8 nitrogen and oxygen atoms in total. The highest BCUT2D eigenvalue weighted by Gasteiger charge is 2.21. The zero-order valence-electron chi connectivity index (χ0n) is 15.2. The fourth-order valence-corrected chi connectivity index (χ4v) is 2.88. The normalized spacial score (nSPS) is 14.0. The van der Waals surface area contributed by atoms with Crippen LogP contribution in [0.3, 0.4) is 0 Å². The molecule has 1 saturated heterocycles. The second-order valence-electron chi connectivity index (χ2n) is 6.26. The maximum absolute atomic E-state index is 11.8. The van der Waals surface area contributed by atoms with Crippen molar-refractivity contribution in [2.45, 2.75) is 6.92 Å². The van der Waals surface area contributed by atoms with Crippen molar-refractivity contribution in [3.05, 3.63) is 54.4 Å². The molecule has 1 fully saturated rings. The topological polar surface area (TPSA) is 104 Å². The molecule has 0 radical (unpaired) electrons. The molecule has 3 N–H and O–H groups in total. The third-order valence-corrected chi connectivity index (χ3v) is 4.41. The minimum Gasteiger partial charge on any atom is -0.365 e. The average molecular weight is 366 g/mol. The van der Waals surface area contributed by atoms with Gasteiger partial charge in [0.2, 0.25) is 5.91 Å². The lowest BCUT2D eigenvalue weighted by molar-refractivity contribution is -0.126. The van der Waals surface area contributed by atoms with E-state index in [1.807, 2.05) is 19.1 Å². The van der Waals surface area contributed by atoms with Gasteiger partial charge in [-0.2, -0.15) is 0 Å². The number of hydrogen-bond donors (Lipinski definition) is 2. The Morgan fingerprint density at radius 3 is 2.52 bits per heavy atom. The first kappa shape index (κ1) is 18.4. The van der Waals surface area contributed by atoms with Crippen molar-refractivity contribution in [3.8, 4) is 0 Å². The molecule has 0 unspecified atom stereocenters. The zero-order chi connectivity index (χ0) is 19.4. The van der Waals surface area contributed by atoms with Crippen molar-refractivity contribution < 1.29 is 9.59 Å². The molecule has 2 aromatic heterocycles. The van der Waals surface area contributed by atoms with E-state index in [1.54, 1.807) is 23.2 Å². The highest BCUT2D eigenvalue weighted by atomic mass is 16.2. The number of amides is 2. The highest BCUT2D eigenvalue weighted by molar-refractivity contribution is 5.98. The summed E-state index contributed by atoms with van der Waals surface area (Å²) in [7, 11) is 0. The lowest BCUT2D eigenvalue weighted by Crippen LogP contribution is -2.48. The summed E-state index contributed by atoms with van der Waals surface area (Å²) in [5, 5.41) is 3.12. The Labute approximate surface area is 157 Å². The lowest BCUT2D eigenvalue weighted by atomic mass is 10.2. The quantitative estimate of drug-likeness (QED) is 0.777. The van der Waals surface area contributed by atoms with Crippen molar-refractivity contribution in [2.75, 3.05) is 36.4 Å². The summed E-state index contributed by atoms with van der Waals surface area (Å²) in [5.41, 5.74) is 7.40. The predicted octanol–water partition coefficient (Wildman–Crippen LogP) is 1.46. The Morgan fingerprint density at radius 1 is 1.19 bits per heavy atom. The number of nitrogens with zero attached hydrogens (tertiary/aromatic N) is 4. The number of nitrogens with two attached hydrogens (primary N) is 1. The minimum atomic E-state index is -0.557. The monoisotopic (exact) mass is 366 g/mol. The molecular formula is C19H22N6O2. The highest BCUT2D eigenvalue weighted by Crippen LogP contribution is 2.23. The maximum Gasteiger partial charge on any atom is 0.252 e. The van der Waals surface area contributed by atoms with Crippen LogP contribution >= 0.6 is 0 Å². The summed E-state index contributed by atoms with van der Waals surface area (Å²) in [6, 6.07) is 7.16. The number of carbonyl (C=O) groups is 2. The van der Waals surface area contributed by atoms with E-state index in [0.29, 0.717) is 49.1 Å². The number of primary amides is 1. The second kappa shape index (κ2) is 7.86.